The van der Waals surface area contributed by atoms with Gasteiger partial charge in [-0.2, -0.15) is 0 Å². The molecule has 0 aromatic heterocycles. The Morgan fingerprint density at radius 3 is 2.83 bits per heavy atom. The van der Waals surface area contributed by atoms with Gasteiger partial charge in [-0.25, -0.2) is 0 Å². The molecule has 0 radical (unpaired) electrons. The van der Waals surface area contributed by atoms with Gasteiger partial charge in [-0.1, -0.05) is 6.42 Å². The van der Waals surface area contributed by atoms with Crippen LogP contribution in [0.15, 0.2) is 0 Å². The van der Waals surface area contributed by atoms with Gasteiger partial charge < -0.3 is 9.84 Å². The van der Waals surface area contributed by atoms with Gasteiger partial charge in [0.05, 0.1) is 18.3 Å². The van der Waals surface area contributed by atoms with Crippen LogP contribution in [0.2, 0.25) is 0 Å². The number of aliphatic hydroxyl groups is 1. The summed E-state index contributed by atoms with van der Waals surface area (Å²) in [6.45, 7) is 8.30. The summed E-state index contributed by atoms with van der Waals surface area (Å²) in [5, 5.41) is 10.0. The van der Waals surface area contributed by atoms with Gasteiger partial charge in [0, 0.05) is 19.0 Å². The van der Waals surface area contributed by atoms with Crippen LogP contribution in [0, 0.1) is 12.3 Å². The minimum absolute atomic E-state index is 0.344. The standard InChI is InChI=1S/C15H27NO2/c1-5-9-15(3,4)18-12-14(17)11-16-10-7-6-8-13(16)2/h1,13-14,17H,6-12H2,2-4H3/t13-,14-/m0/s1. The van der Waals surface area contributed by atoms with Crippen molar-refractivity contribution in [3.05, 3.63) is 0 Å². The molecule has 1 N–H and O–H groups in total. The maximum atomic E-state index is 10.0. The third kappa shape index (κ3) is 5.39. The number of piperidine rings is 1. The fraction of sp³-hybridized carbons (Fsp3) is 0.867. The van der Waals surface area contributed by atoms with Gasteiger partial charge in [-0.15, -0.1) is 12.3 Å². The second-order valence-electron chi connectivity index (χ2n) is 5.95. The summed E-state index contributed by atoms with van der Waals surface area (Å²) in [6, 6.07) is 0.576. The minimum Gasteiger partial charge on any atom is -0.389 e. The molecule has 1 aliphatic rings. The molecule has 0 saturated carbocycles. The molecule has 0 aliphatic carbocycles. The largest absolute Gasteiger partial charge is 0.389 e. The smallest absolute Gasteiger partial charge is 0.0900 e. The van der Waals surface area contributed by atoms with Crippen LogP contribution >= 0.6 is 0 Å². The molecule has 0 spiro atoms. The van der Waals surface area contributed by atoms with E-state index in [1.165, 1.54) is 19.3 Å². The lowest BCUT2D eigenvalue weighted by atomic mass is 10.0. The molecule has 0 aromatic carbocycles. The number of aliphatic hydroxyl groups excluding tert-OH is 1. The Morgan fingerprint density at radius 1 is 1.50 bits per heavy atom. The minimum atomic E-state index is -0.428. The summed E-state index contributed by atoms with van der Waals surface area (Å²) >= 11 is 0. The zero-order valence-corrected chi connectivity index (χ0v) is 12.0. The molecule has 3 nitrogen and oxygen atoms in total. The van der Waals surface area contributed by atoms with Gasteiger partial charge in [-0.3, -0.25) is 4.90 Å². The molecule has 0 bridgehead atoms. The Labute approximate surface area is 112 Å². The zero-order valence-electron chi connectivity index (χ0n) is 12.0. The van der Waals surface area contributed by atoms with Gasteiger partial charge in [0.2, 0.25) is 0 Å². The fourth-order valence-electron chi connectivity index (χ4n) is 2.37. The van der Waals surface area contributed by atoms with Gasteiger partial charge in [0.15, 0.2) is 0 Å². The summed E-state index contributed by atoms with van der Waals surface area (Å²) in [6.07, 6.45) is 9.20. The highest BCUT2D eigenvalue weighted by Gasteiger charge is 2.23. The second kappa shape index (κ2) is 7.13. The van der Waals surface area contributed by atoms with Crippen LogP contribution in [0.1, 0.15) is 46.5 Å². The van der Waals surface area contributed by atoms with E-state index in [0.29, 0.717) is 25.6 Å². The number of nitrogens with zero attached hydrogens (tertiary/aromatic N) is 1. The van der Waals surface area contributed by atoms with Crippen molar-refractivity contribution in [2.24, 2.45) is 0 Å². The molecule has 3 heteroatoms. The third-order valence-corrected chi connectivity index (χ3v) is 3.58. The topological polar surface area (TPSA) is 32.7 Å². The Kier molecular flexibility index (Phi) is 6.14. The number of terminal acetylenes is 1. The average molecular weight is 253 g/mol. The number of rotatable bonds is 6. The molecule has 0 aromatic rings. The molecule has 1 fully saturated rings. The Bertz CT molecular complexity index is 283. The SMILES string of the molecule is C#CCC(C)(C)OC[C@@H](O)CN1CCCC[C@@H]1C. The van der Waals surface area contributed by atoms with Crippen LogP contribution in [0.25, 0.3) is 0 Å². The number of hydrogen-bond donors (Lipinski definition) is 1. The first kappa shape index (κ1) is 15.5. The summed E-state index contributed by atoms with van der Waals surface area (Å²) in [4.78, 5) is 2.35. The van der Waals surface area contributed by atoms with Crippen molar-refractivity contribution in [1.29, 1.82) is 0 Å². The van der Waals surface area contributed by atoms with Crippen molar-refractivity contribution >= 4 is 0 Å². The molecule has 1 saturated heterocycles. The van der Waals surface area contributed by atoms with Crippen LogP contribution in [-0.4, -0.2) is 47.4 Å². The highest BCUT2D eigenvalue weighted by atomic mass is 16.5. The molecule has 18 heavy (non-hydrogen) atoms. The zero-order chi connectivity index (χ0) is 13.6. The maximum absolute atomic E-state index is 10.0. The van der Waals surface area contributed by atoms with E-state index in [9.17, 15) is 5.11 Å². The third-order valence-electron chi connectivity index (χ3n) is 3.58. The summed E-state index contributed by atoms with van der Waals surface area (Å²) < 4.78 is 5.69. The molecule has 1 heterocycles. The van der Waals surface area contributed by atoms with Crippen LogP contribution in [-0.2, 0) is 4.74 Å². The van der Waals surface area contributed by atoms with Crippen molar-refractivity contribution in [3.8, 4) is 12.3 Å². The Hall–Kier alpha value is -0.560. The molecular formula is C15H27NO2. The molecule has 0 unspecified atom stereocenters. The predicted octanol–water partition coefficient (Wildman–Crippen LogP) is 2.04. The quantitative estimate of drug-likeness (QED) is 0.735. The van der Waals surface area contributed by atoms with Crippen molar-refractivity contribution < 1.29 is 9.84 Å². The number of β-amino-alcohol motifs (C(OH)–C–C–N with tert-alkyl or cyclic N) is 1. The van der Waals surface area contributed by atoms with E-state index in [1.54, 1.807) is 0 Å². The first-order valence-corrected chi connectivity index (χ1v) is 6.94. The van der Waals surface area contributed by atoms with Crippen molar-refractivity contribution in [3.63, 3.8) is 0 Å². The Balaban J connectivity index is 2.28. The van der Waals surface area contributed by atoms with E-state index in [1.807, 2.05) is 13.8 Å². The van der Waals surface area contributed by atoms with Crippen molar-refractivity contribution in [2.75, 3.05) is 19.7 Å². The lowest BCUT2D eigenvalue weighted by molar-refractivity contribution is -0.0665. The van der Waals surface area contributed by atoms with Gasteiger partial charge >= 0.3 is 0 Å². The summed E-state index contributed by atoms with van der Waals surface area (Å²) in [7, 11) is 0. The van der Waals surface area contributed by atoms with E-state index in [-0.39, 0.29) is 5.60 Å². The van der Waals surface area contributed by atoms with Crippen molar-refractivity contribution in [1.82, 2.24) is 4.90 Å². The van der Waals surface area contributed by atoms with E-state index >= 15 is 0 Å². The summed E-state index contributed by atoms with van der Waals surface area (Å²) in [5.41, 5.74) is -0.344. The highest BCUT2D eigenvalue weighted by Crippen LogP contribution is 2.18. The van der Waals surface area contributed by atoms with E-state index in [4.69, 9.17) is 11.2 Å². The van der Waals surface area contributed by atoms with Crippen LogP contribution in [0.4, 0.5) is 0 Å². The molecule has 104 valence electrons. The number of ether oxygens (including phenoxy) is 1. The second-order valence-corrected chi connectivity index (χ2v) is 5.95. The van der Waals surface area contributed by atoms with E-state index in [2.05, 4.69) is 17.7 Å². The number of likely N-dealkylation sites (tertiary alicyclic amines) is 1. The molecule has 2 atom stereocenters. The first-order chi connectivity index (χ1) is 8.44. The monoisotopic (exact) mass is 253 g/mol. The fourth-order valence-corrected chi connectivity index (χ4v) is 2.37. The van der Waals surface area contributed by atoms with Crippen LogP contribution < -0.4 is 0 Å². The Morgan fingerprint density at radius 2 is 2.22 bits per heavy atom. The van der Waals surface area contributed by atoms with Gasteiger partial charge in [-0.05, 0) is 40.2 Å². The molecular weight excluding hydrogens is 226 g/mol. The van der Waals surface area contributed by atoms with E-state index in [0.717, 1.165) is 6.54 Å². The lowest BCUT2D eigenvalue weighted by Crippen LogP contribution is -2.44. The summed E-state index contributed by atoms with van der Waals surface area (Å²) in [5.74, 6) is 2.60. The molecule has 0 amide bonds. The normalized spacial score (nSPS) is 23.6. The number of hydrogen-bond acceptors (Lipinski definition) is 3. The highest BCUT2D eigenvalue weighted by molar-refractivity contribution is 4.92. The van der Waals surface area contributed by atoms with Crippen LogP contribution in [0.3, 0.4) is 0 Å². The van der Waals surface area contributed by atoms with E-state index < -0.39 is 6.10 Å². The van der Waals surface area contributed by atoms with Gasteiger partial charge in [0.25, 0.3) is 0 Å². The van der Waals surface area contributed by atoms with Crippen LogP contribution in [0.5, 0.6) is 0 Å². The molecule has 1 aliphatic heterocycles. The predicted molar refractivity (Wildman–Crippen MR) is 74.4 cm³/mol. The maximum Gasteiger partial charge on any atom is 0.0900 e. The average Bonchev–Trinajstić information content (AvgIpc) is 2.30. The van der Waals surface area contributed by atoms with Gasteiger partial charge in [0.1, 0.15) is 0 Å². The van der Waals surface area contributed by atoms with Crippen molar-refractivity contribution in [2.45, 2.75) is 64.2 Å². The first-order valence-electron chi connectivity index (χ1n) is 6.94. The molecule has 1 rings (SSSR count). The lowest BCUT2D eigenvalue weighted by Gasteiger charge is -2.35.